The van der Waals surface area contributed by atoms with Crippen LogP contribution in [0.2, 0.25) is 0 Å². The highest BCUT2D eigenvalue weighted by atomic mass is 16.5. The van der Waals surface area contributed by atoms with Crippen LogP contribution in [0.25, 0.3) is 11.1 Å². The van der Waals surface area contributed by atoms with Gasteiger partial charge in [-0.1, -0.05) is 48.5 Å². The molecule has 3 aromatic rings. The average Bonchev–Trinajstić information content (AvgIpc) is 2.78. The number of ether oxygens (including phenoxy) is 1. The number of esters is 1. The fourth-order valence-corrected chi connectivity index (χ4v) is 2.89. The number of nitrogens with zero attached hydrogens (tertiary/aromatic N) is 1. The minimum absolute atomic E-state index is 0.126. The molecule has 0 radical (unpaired) electrons. The maximum Gasteiger partial charge on any atom is 0.339 e. The average molecular weight is 402 g/mol. The number of benzene rings is 3. The molecule has 1 N–H and O–H groups in total. The Balaban J connectivity index is 1.61. The van der Waals surface area contributed by atoms with Crippen molar-refractivity contribution in [2.24, 2.45) is 0 Å². The molecule has 0 aliphatic rings. The van der Waals surface area contributed by atoms with Crippen LogP contribution in [0.15, 0.2) is 78.9 Å². The first-order valence-corrected chi connectivity index (χ1v) is 9.39. The van der Waals surface area contributed by atoms with Crippen molar-refractivity contribution in [2.45, 2.75) is 0 Å². The van der Waals surface area contributed by atoms with Crippen LogP contribution in [0.5, 0.6) is 0 Å². The summed E-state index contributed by atoms with van der Waals surface area (Å²) in [6.07, 6.45) is 0. The van der Waals surface area contributed by atoms with Crippen LogP contribution >= 0.6 is 0 Å². The lowest BCUT2D eigenvalue weighted by molar-refractivity contribution is -0.119. The molecule has 0 spiro atoms. The van der Waals surface area contributed by atoms with Crippen LogP contribution in [-0.2, 0) is 9.53 Å². The minimum Gasteiger partial charge on any atom is -0.452 e. The van der Waals surface area contributed by atoms with Crippen molar-refractivity contribution < 1.29 is 19.1 Å². The monoisotopic (exact) mass is 402 g/mol. The third kappa shape index (κ3) is 5.11. The summed E-state index contributed by atoms with van der Waals surface area (Å²) in [5, 5.41) is 2.65. The molecule has 6 heteroatoms. The van der Waals surface area contributed by atoms with Gasteiger partial charge in [-0.05, 0) is 41.5 Å². The Morgan fingerprint density at radius 1 is 0.833 bits per heavy atom. The van der Waals surface area contributed by atoms with Gasteiger partial charge in [0, 0.05) is 25.3 Å². The van der Waals surface area contributed by atoms with E-state index >= 15 is 0 Å². The Morgan fingerprint density at radius 3 is 2.13 bits per heavy atom. The van der Waals surface area contributed by atoms with Gasteiger partial charge in [0.25, 0.3) is 11.8 Å². The highest BCUT2D eigenvalue weighted by Crippen LogP contribution is 2.24. The lowest BCUT2D eigenvalue weighted by Gasteiger charge is -2.11. The number of amides is 2. The van der Waals surface area contributed by atoms with E-state index in [4.69, 9.17) is 4.74 Å². The largest absolute Gasteiger partial charge is 0.452 e. The van der Waals surface area contributed by atoms with Gasteiger partial charge in [0.1, 0.15) is 0 Å². The third-order valence-corrected chi connectivity index (χ3v) is 4.39. The first-order valence-electron chi connectivity index (χ1n) is 9.39. The predicted molar refractivity (Wildman–Crippen MR) is 115 cm³/mol. The van der Waals surface area contributed by atoms with E-state index in [0.717, 1.165) is 11.1 Å². The highest BCUT2D eigenvalue weighted by Gasteiger charge is 2.15. The topological polar surface area (TPSA) is 75.7 Å². The zero-order chi connectivity index (χ0) is 21.5. The van der Waals surface area contributed by atoms with Crippen LogP contribution in [-0.4, -0.2) is 43.4 Å². The van der Waals surface area contributed by atoms with Crippen molar-refractivity contribution in [3.63, 3.8) is 0 Å². The summed E-state index contributed by atoms with van der Waals surface area (Å²) >= 11 is 0. The fourth-order valence-electron chi connectivity index (χ4n) is 2.89. The molecule has 2 amide bonds. The van der Waals surface area contributed by atoms with Gasteiger partial charge in [-0.25, -0.2) is 4.79 Å². The minimum atomic E-state index is -0.573. The van der Waals surface area contributed by atoms with E-state index in [1.54, 1.807) is 50.5 Å². The molecule has 6 nitrogen and oxygen atoms in total. The van der Waals surface area contributed by atoms with Crippen molar-refractivity contribution in [2.75, 3.05) is 26.0 Å². The van der Waals surface area contributed by atoms with Gasteiger partial charge in [0.15, 0.2) is 6.61 Å². The Labute approximate surface area is 175 Å². The zero-order valence-electron chi connectivity index (χ0n) is 16.8. The SMILES string of the molecule is CN(C)C(=O)c1ccc(NC(=O)COC(=O)c2ccccc2-c2ccccc2)cc1. The molecule has 0 atom stereocenters. The van der Waals surface area contributed by atoms with E-state index in [1.165, 1.54) is 4.90 Å². The maximum absolute atomic E-state index is 12.5. The molecule has 0 heterocycles. The third-order valence-electron chi connectivity index (χ3n) is 4.39. The highest BCUT2D eigenvalue weighted by molar-refractivity contribution is 6.00. The molecule has 0 unspecified atom stereocenters. The number of carbonyl (C=O) groups excluding carboxylic acids is 3. The van der Waals surface area contributed by atoms with Crippen LogP contribution in [0.1, 0.15) is 20.7 Å². The van der Waals surface area contributed by atoms with E-state index in [1.807, 2.05) is 42.5 Å². The summed E-state index contributed by atoms with van der Waals surface area (Å²) in [6.45, 7) is -0.416. The van der Waals surface area contributed by atoms with E-state index in [-0.39, 0.29) is 5.91 Å². The number of hydrogen-bond donors (Lipinski definition) is 1. The molecule has 0 saturated heterocycles. The number of hydrogen-bond acceptors (Lipinski definition) is 4. The Morgan fingerprint density at radius 2 is 1.47 bits per heavy atom. The second-order valence-corrected chi connectivity index (χ2v) is 6.81. The second-order valence-electron chi connectivity index (χ2n) is 6.81. The fraction of sp³-hybridized carbons (Fsp3) is 0.125. The van der Waals surface area contributed by atoms with Gasteiger partial charge in [0.2, 0.25) is 0 Å². The summed E-state index contributed by atoms with van der Waals surface area (Å²) in [4.78, 5) is 38.1. The summed E-state index contributed by atoms with van der Waals surface area (Å²) < 4.78 is 5.21. The van der Waals surface area contributed by atoms with Gasteiger partial charge in [-0.3, -0.25) is 9.59 Å². The molecule has 0 aliphatic carbocycles. The number of carbonyl (C=O) groups is 3. The van der Waals surface area contributed by atoms with Crippen molar-refractivity contribution in [1.29, 1.82) is 0 Å². The van der Waals surface area contributed by atoms with Gasteiger partial charge in [0.05, 0.1) is 5.56 Å². The number of rotatable bonds is 6. The second kappa shape index (κ2) is 9.52. The van der Waals surface area contributed by atoms with E-state index in [0.29, 0.717) is 16.8 Å². The summed E-state index contributed by atoms with van der Waals surface area (Å²) in [5.74, 6) is -1.16. The Kier molecular flexibility index (Phi) is 6.60. The van der Waals surface area contributed by atoms with Gasteiger partial charge >= 0.3 is 5.97 Å². The molecular weight excluding hydrogens is 380 g/mol. The molecule has 0 fully saturated rings. The quantitative estimate of drug-likeness (QED) is 0.636. The number of anilines is 1. The molecule has 30 heavy (non-hydrogen) atoms. The summed E-state index contributed by atoms with van der Waals surface area (Å²) in [6, 6.07) is 23.1. The normalized spacial score (nSPS) is 10.2. The maximum atomic E-state index is 12.5. The lowest BCUT2D eigenvalue weighted by Crippen LogP contribution is -2.22. The molecular formula is C24H22N2O4. The zero-order valence-corrected chi connectivity index (χ0v) is 16.8. The van der Waals surface area contributed by atoms with E-state index < -0.39 is 18.5 Å². The van der Waals surface area contributed by atoms with Crippen LogP contribution in [0.3, 0.4) is 0 Å². The standard InChI is InChI=1S/C24H22N2O4/c1-26(2)23(28)18-12-14-19(15-13-18)25-22(27)16-30-24(29)21-11-7-6-10-20(21)17-8-4-3-5-9-17/h3-15H,16H2,1-2H3,(H,25,27). The molecule has 0 saturated carbocycles. The van der Waals surface area contributed by atoms with Crippen molar-refractivity contribution >= 4 is 23.5 Å². The molecule has 3 aromatic carbocycles. The van der Waals surface area contributed by atoms with E-state index in [9.17, 15) is 14.4 Å². The van der Waals surface area contributed by atoms with Gasteiger partial charge in [-0.2, -0.15) is 0 Å². The predicted octanol–water partition coefficient (Wildman–Crippen LogP) is 3.85. The van der Waals surface area contributed by atoms with Crippen molar-refractivity contribution in [3.8, 4) is 11.1 Å². The first kappa shape index (κ1) is 20.8. The first-order chi connectivity index (χ1) is 14.5. The van der Waals surface area contributed by atoms with Gasteiger partial charge in [-0.15, -0.1) is 0 Å². The molecule has 0 aromatic heterocycles. The van der Waals surface area contributed by atoms with Crippen molar-refractivity contribution in [1.82, 2.24) is 4.90 Å². The summed E-state index contributed by atoms with van der Waals surface area (Å²) in [5.41, 5.74) is 3.05. The molecule has 0 aliphatic heterocycles. The summed E-state index contributed by atoms with van der Waals surface area (Å²) in [7, 11) is 3.34. The molecule has 3 rings (SSSR count). The Hall–Kier alpha value is -3.93. The molecule has 152 valence electrons. The van der Waals surface area contributed by atoms with E-state index in [2.05, 4.69) is 5.32 Å². The molecule has 0 bridgehead atoms. The van der Waals surface area contributed by atoms with Gasteiger partial charge < -0.3 is 15.0 Å². The van der Waals surface area contributed by atoms with Crippen LogP contribution < -0.4 is 5.32 Å². The smallest absolute Gasteiger partial charge is 0.339 e. The Bertz CT molecular complexity index is 1040. The van der Waals surface area contributed by atoms with Crippen LogP contribution in [0, 0.1) is 0 Å². The lowest BCUT2D eigenvalue weighted by atomic mass is 10.00. The van der Waals surface area contributed by atoms with Crippen LogP contribution in [0.4, 0.5) is 5.69 Å². The van der Waals surface area contributed by atoms with Crippen molar-refractivity contribution in [3.05, 3.63) is 90.0 Å². The number of nitrogens with one attached hydrogen (secondary N) is 1.